The van der Waals surface area contributed by atoms with E-state index in [1.165, 1.54) is 0 Å². The number of aliphatic hydroxyl groups excluding tert-OH is 1. The zero-order valence-electron chi connectivity index (χ0n) is 10.4. The van der Waals surface area contributed by atoms with Gasteiger partial charge < -0.3 is 14.7 Å². The quantitative estimate of drug-likeness (QED) is 0.616. The zero-order chi connectivity index (χ0) is 13.4. The first-order chi connectivity index (χ1) is 8.71. The second-order valence-corrected chi connectivity index (χ2v) is 3.96. The third kappa shape index (κ3) is 2.88. The third-order valence-electron chi connectivity index (χ3n) is 2.91. The highest BCUT2D eigenvalue weighted by Gasteiger charge is 2.42. The monoisotopic (exact) mass is 247 g/mol. The summed E-state index contributed by atoms with van der Waals surface area (Å²) in [5.74, 6) is -0.470. The largest absolute Gasteiger partial charge is 0.465 e. The molecule has 1 atom stereocenters. The van der Waals surface area contributed by atoms with Crippen LogP contribution < -0.4 is 0 Å². The molecule has 0 radical (unpaired) electrons. The van der Waals surface area contributed by atoms with Gasteiger partial charge in [0.05, 0.1) is 13.2 Å². The molecule has 0 aliphatic rings. The van der Waals surface area contributed by atoms with Gasteiger partial charge in [-0.1, -0.05) is 30.3 Å². The second kappa shape index (κ2) is 6.77. The molecule has 0 aliphatic carbocycles. The predicted octanol–water partition coefficient (Wildman–Crippen LogP) is 1.79. The Morgan fingerprint density at radius 3 is 2.61 bits per heavy atom. The molecule has 96 valence electrons. The Morgan fingerprint density at radius 1 is 1.44 bits per heavy atom. The number of rotatable bonds is 6. The van der Waals surface area contributed by atoms with E-state index in [1.54, 1.807) is 31.2 Å². The van der Waals surface area contributed by atoms with Crippen molar-refractivity contribution in [2.45, 2.75) is 18.8 Å². The lowest BCUT2D eigenvalue weighted by Gasteiger charge is -2.28. The lowest BCUT2D eigenvalue weighted by molar-refractivity contribution is -0.152. The summed E-state index contributed by atoms with van der Waals surface area (Å²) in [6.45, 7) is 8.65. The Morgan fingerprint density at radius 2 is 2.11 bits per heavy atom. The Hall–Kier alpha value is -1.86. The van der Waals surface area contributed by atoms with Crippen molar-refractivity contribution in [3.63, 3.8) is 0 Å². The van der Waals surface area contributed by atoms with Crippen LogP contribution in [0.4, 0.5) is 0 Å². The molecule has 1 unspecified atom stereocenters. The van der Waals surface area contributed by atoms with Crippen LogP contribution in [0.15, 0.2) is 30.3 Å². The van der Waals surface area contributed by atoms with Gasteiger partial charge in [0.15, 0.2) is 0 Å². The van der Waals surface area contributed by atoms with E-state index >= 15 is 0 Å². The van der Waals surface area contributed by atoms with Crippen LogP contribution >= 0.6 is 0 Å². The van der Waals surface area contributed by atoms with E-state index < -0.39 is 11.4 Å². The normalized spacial score (nSPS) is 13.4. The van der Waals surface area contributed by atoms with Crippen molar-refractivity contribution >= 4 is 5.97 Å². The number of aliphatic hydroxyl groups is 1. The summed E-state index contributed by atoms with van der Waals surface area (Å²) in [5.41, 5.74) is -0.434. The molecule has 4 nitrogen and oxygen atoms in total. The van der Waals surface area contributed by atoms with Gasteiger partial charge in [-0.25, -0.2) is 6.57 Å². The van der Waals surface area contributed by atoms with Gasteiger partial charge in [-0.15, -0.1) is 0 Å². The van der Waals surface area contributed by atoms with Crippen LogP contribution in [0.5, 0.6) is 0 Å². The van der Waals surface area contributed by atoms with Crippen molar-refractivity contribution in [1.29, 1.82) is 0 Å². The van der Waals surface area contributed by atoms with Crippen molar-refractivity contribution in [3.8, 4) is 0 Å². The molecule has 0 saturated carbocycles. The van der Waals surface area contributed by atoms with Crippen LogP contribution in [0.2, 0.25) is 0 Å². The van der Waals surface area contributed by atoms with E-state index in [4.69, 9.17) is 11.3 Å². The van der Waals surface area contributed by atoms with Gasteiger partial charge in [0.1, 0.15) is 5.41 Å². The maximum Gasteiger partial charge on any atom is 0.319 e. The topological polar surface area (TPSA) is 50.9 Å². The average Bonchev–Trinajstić information content (AvgIpc) is 2.42. The van der Waals surface area contributed by atoms with Crippen LogP contribution in [0.25, 0.3) is 4.85 Å². The standard InChI is InChI=1S/C14H17NO3/c1-3-18-13(17)14(11-16,9-10-15-2)12-7-5-4-6-8-12/h4-8,16H,3,9-11H2,1H3. The molecule has 1 N–H and O–H groups in total. The molecule has 0 aromatic heterocycles. The Bertz CT molecular complexity index is 424. The first kappa shape index (κ1) is 14.2. The predicted molar refractivity (Wildman–Crippen MR) is 67.9 cm³/mol. The van der Waals surface area contributed by atoms with Gasteiger partial charge in [0.25, 0.3) is 0 Å². The maximum absolute atomic E-state index is 12.1. The molecule has 0 heterocycles. The fourth-order valence-electron chi connectivity index (χ4n) is 1.87. The summed E-state index contributed by atoms with van der Waals surface area (Å²) < 4.78 is 5.05. The highest BCUT2D eigenvalue weighted by Crippen LogP contribution is 2.29. The molecule has 0 bridgehead atoms. The molecule has 4 heteroatoms. The van der Waals surface area contributed by atoms with E-state index in [0.717, 1.165) is 0 Å². The highest BCUT2D eigenvalue weighted by atomic mass is 16.5. The van der Waals surface area contributed by atoms with Gasteiger partial charge in [-0.2, -0.15) is 0 Å². The van der Waals surface area contributed by atoms with E-state index in [1.807, 2.05) is 6.07 Å². The molecule has 0 fully saturated rings. The van der Waals surface area contributed by atoms with Crippen LogP contribution in [0.3, 0.4) is 0 Å². The molecule has 1 rings (SSSR count). The van der Waals surface area contributed by atoms with Crippen LogP contribution in [0.1, 0.15) is 18.9 Å². The van der Waals surface area contributed by atoms with Gasteiger partial charge in [-0.05, 0) is 12.5 Å². The Kier molecular flexibility index (Phi) is 5.34. The maximum atomic E-state index is 12.1. The van der Waals surface area contributed by atoms with Gasteiger partial charge in [0.2, 0.25) is 6.54 Å². The summed E-state index contributed by atoms with van der Waals surface area (Å²) in [6.07, 6.45) is 0.260. The highest BCUT2D eigenvalue weighted by molar-refractivity contribution is 5.83. The van der Waals surface area contributed by atoms with E-state index in [9.17, 15) is 9.90 Å². The van der Waals surface area contributed by atoms with Gasteiger partial charge in [0, 0.05) is 6.42 Å². The molecule has 0 spiro atoms. The number of nitrogens with zero attached hydrogens (tertiary/aromatic N) is 1. The molecule has 0 amide bonds. The minimum absolute atomic E-state index is 0.175. The van der Waals surface area contributed by atoms with Gasteiger partial charge >= 0.3 is 5.97 Å². The summed E-state index contributed by atoms with van der Waals surface area (Å²) in [6, 6.07) is 8.99. The van der Waals surface area contributed by atoms with Crippen molar-refractivity contribution < 1.29 is 14.6 Å². The fraction of sp³-hybridized carbons (Fsp3) is 0.429. The molecule has 1 aromatic rings. The van der Waals surface area contributed by atoms with Crippen molar-refractivity contribution in [2.24, 2.45) is 0 Å². The van der Waals surface area contributed by atoms with E-state index in [0.29, 0.717) is 5.56 Å². The third-order valence-corrected chi connectivity index (χ3v) is 2.91. The minimum atomic E-state index is -1.12. The van der Waals surface area contributed by atoms with Crippen molar-refractivity contribution in [2.75, 3.05) is 19.8 Å². The van der Waals surface area contributed by atoms with E-state index in [2.05, 4.69) is 4.85 Å². The SMILES string of the molecule is [C-]#[N+]CCC(CO)(C(=O)OCC)c1ccccc1. The Balaban J connectivity index is 3.14. The average molecular weight is 247 g/mol. The lowest BCUT2D eigenvalue weighted by atomic mass is 9.78. The second-order valence-electron chi connectivity index (χ2n) is 3.96. The van der Waals surface area contributed by atoms with Crippen LogP contribution in [-0.2, 0) is 14.9 Å². The minimum Gasteiger partial charge on any atom is -0.465 e. The molecule has 18 heavy (non-hydrogen) atoms. The molecular formula is C14H17NO3. The first-order valence-corrected chi connectivity index (χ1v) is 5.88. The number of ether oxygens (including phenoxy) is 1. The fourth-order valence-corrected chi connectivity index (χ4v) is 1.87. The lowest BCUT2D eigenvalue weighted by Crippen LogP contribution is -2.41. The van der Waals surface area contributed by atoms with Crippen LogP contribution in [0, 0.1) is 6.57 Å². The van der Waals surface area contributed by atoms with Crippen LogP contribution in [-0.4, -0.2) is 30.8 Å². The smallest absolute Gasteiger partial charge is 0.319 e. The number of carbonyl (C=O) groups excluding carboxylic acids is 1. The summed E-state index contributed by atoms with van der Waals surface area (Å²) >= 11 is 0. The van der Waals surface area contributed by atoms with E-state index in [-0.39, 0.29) is 26.2 Å². The molecular weight excluding hydrogens is 230 g/mol. The number of hydrogen-bond acceptors (Lipinski definition) is 3. The Labute approximate surface area is 107 Å². The summed E-state index contributed by atoms with van der Waals surface area (Å²) in [7, 11) is 0. The van der Waals surface area contributed by atoms with Crippen molar-refractivity contribution in [3.05, 3.63) is 47.3 Å². The number of esters is 1. The number of hydrogen-bond donors (Lipinski definition) is 1. The summed E-state index contributed by atoms with van der Waals surface area (Å²) in [5, 5.41) is 9.65. The molecule has 0 saturated heterocycles. The number of carbonyl (C=O) groups is 1. The van der Waals surface area contributed by atoms with Gasteiger partial charge in [-0.3, -0.25) is 4.79 Å². The first-order valence-electron chi connectivity index (χ1n) is 5.88. The molecule has 1 aromatic carbocycles. The number of benzene rings is 1. The zero-order valence-corrected chi connectivity index (χ0v) is 10.4. The summed E-state index contributed by atoms with van der Waals surface area (Å²) in [4.78, 5) is 15.4. The molecule has 0 aliphatic heterocycles. The van der Waals surface area contributed by atoms with Crippen molar-refractivity contribution in [1.82, 2.24) is 0 Å².